The third-order valence-electron chi connectivity index (χ3n) is 5.50. The van der Waals surface area contributed by atoms with Crippen LogP contribution in [-0.2, 0) is 0 Å². The number of aromatic nitrogens is 1. The number of allylic oxidation sites excluding steroid dienone is 5. The molecule has 0 bridgehead atoms. The normalized spacial score (nSPS) is 15.3. The Morgan fingerprint density at radius 2 is 1.81 bits per heavy atom. The van der Waals surface area contributed by atoms with Crippen molar-refractivity contribution in [2.45, 2.75) is 26.7 Å². The van der Waals surface area contributed by atoms with Gasteiger partial charge in [0, 0.05) is 11.6 Å². The fraction of sp³-hybridized carbons (Fsp3) is 0.222. The van der Waals surface area contributed by atoms with Gasteiger partial charge in [0.1, 0.15) is 29.0 Å². The van der Waals surface area contributed by atoms with Gasteiger partial charge in [0.15, 0.2) is 5.58 Å². The molecule has 0 fully saturated rings. The third kappa shape index (κ3) is 4.48. The molecule has 0 N–H and O–H groups in total. The van der Waals surface area contributed by atoms with E-state index >= 15 is 0 Å². The maximum absolute atomic E-state index is 9.24. The van der Waals surface area contributed by atoms with Gasteiger partial charge in [-0.05, 0) is 59.2 Å². The predicted octanol–water partition coefficient (Wildman–Crippen LogP) is 6.61. The van der Waals surface area contributed by atoms with Crippen molar-refractivity contribution in [2.24, 2.45) is 5.41 Å². The number of nitrogens with zero attached hydrogens (tertiary/aromatic N) is 3. The van der Waals surface area contributed by atoms with Crippen LogP contribution in [0.25, 0.3) is 28.6 Å². The van der Waals surface area contributed by atoms with Crippen LogP contribution in [0.2, 0.25) is 0 Å². The molecule has 0 amide bonds. The molecule has 5 heteroatoms. The lowest BCUT2D eigenvalue weighted by Crippen LogP contribution is -2.17. The minimum Gasteiger partial charge on any atom is -0.497 e. The standard InChI is InChI=1S/C27H23N3O2/c1-27(2)14-19(12-21(15-27)22(16-28)17-29)5-4-18-6-8-20(9-7-18)26-30-24-13-23(31-3)10-11-25(24)32-26/h4-13H,14-15H2,1-3H3/b5-4+. The monoisotopic (exact) mass is 421 g/mol. The molecule has 1 aliphatic rings. The lowest BCUT2D eigenvalue weighted by Gasteiger charge is -2.30. The van der Waals surface area contributed by atoms with Crippen LogP contribution >= 0.6 is 0 Å². The molecular weight excluding hydrogens is 398 g/mol. The third-order valence-corrected chi connectivity index (χ3v) is 5.50. The van der Waals surface area contributed by atoms with Crippen molar-refractivity contribution in [3.05, 3.63) is 76.9 Å². The van der Waals surface area contributed by atoms with Crippen LogP contribution in [0.3, 0.4) is 0 Å². The first-order valence-electron chi connectivity index (χ1n) is 10.4. The number of fused-ring (bicyclic) bond motifs is 1. The maximum Gasteiger partial charge on any atom is 0.227 e. The van der Waals surface area contributed by atoms with Gasteiger partial charge in [-0.15, -0.1) is 0 Å². The molecule has 0 spiro atoms. The summed E-state index contributed by atoms with van der Waals surface area (Å²) in [7, 11) is 1.63. The molecule has 0 aliphatic heterocycles. The molecule has 158 valence electrons. The Hall–Kier alpha value is -4.09. The van der Waals surface area contributed by atoms with Gasteiger partial charge in [-0.25, -0.2) is 4.98 Å². The van der Waals surface area contributed by atoms with E-state index in [0.29, 0.717) is 5.89 Å². The largest absolute Gasteiger partial charge is 0.497 e. The van der Waals surface area contributed by atoms with Crippen LogP contribution < -0.4 is 4.74 Å². The molecular formula is C27H23N3O2. The van der Waals surface area contributed by atoms with Crippen molar-refractivity contribution in [1.29, 1.82) is 10.5 Å². The molecule has 0 saturated carbocycles. The number of oxazole rings is 1. The van der Waals surface area contributed by atoms with Crippen LogP contribution in [-0.4, -0.2) is 12.1 Å². The lowest BCUT2D eigenvalue weighted by molar-refractivity contribution is 0.354. The summed E-state index contributed by atoms with van der Waals surface area (Å²) in [5.41, 5.74) is 5.54. The Morgan fingerprint density at radius 1 is 1.06 bits per heavy atom. The van der Waals surface area contributed by atoms with E-state index in [2.05, 4.69) is 24.9 Å². The van der Waals surface area contributed by atoms with E-state index in [1.54, 1.807) is 7.11 Å². The molecule has 3 aromatic rings. The highest BCUT2D eigenvalue weighted by atomic mass is 16.5. The Kier molecular flexibility index (Phi) is 5.67. The Balaban J connectivity index is 1.57. The van der Waals surface area contributed by atoms with Crippen LogP contribution in [0.5, 0.6) is 5.75 Å². The summed E-state index contributed by atoms with van der Waals surface area (Å²) in [5, 5.41) is 18.5. The molecule has 0 radical (unpaired) electrons. The van der Waals surface area contributed by atoms with Crippen LogP contribution in [0.4, 0.5) is 0 Å². The van der Waals surface area contributed by atoms with Gasteiger partial charge in [0.25, 0.3) is 0 Å². The van der Waals surface area contributed by atoms with E-state index in [4.69, 9.17) is 9.15 Å². The molecule has 4 rings (SSSR count). The summed E-state index contributed by atoms with van der Waals surface area (Å²) in [6.07, 6.45) is 7.70. The molecule has 1 heterocycles. The summed E-state index contributed by atoms with van der Waals surface area (Å²) in [4.78, 5) is 4.57. The fourth-order valence-corrected chi connectivity index (χ4v) is 3.99. The summed E-state index contributed by atoms with van der Waals surface area (Å²) in [6.45, 7) is 4.32. The molecule has 32 heavy (non-hydrogen) atoms. The summed E-state index contributed by atoms with van der Waals surface area (Å²) in [5.74, 6) is 1.31. The molecule has 0 atom stereocenters. The zero-order valence-corrected chi connectivity index (χ0v) is 18.3. The van der Waals surface area contributed by atoms with Crippen molar-refractivity contribution in [3.63, 3.8) is 0 Å². The first-order chi connectivity index (χ1) is 15.4. The fourth-order valence-electron chi connectivity index (χ4n) is 3.99. The summed E-state index contributed by atoms with van der Waals surface area (Å²) >= 11 is 0. The minimum absolute atomic E-state index is 0.00219. The average Bonchev–Trinajstić information content (AvgIpc) is 3.21. The van der Waals surface area contributed by atoms with Crippen molar-refractivity contribution < 1.29 is 9.15 Å². The van der Waals surface area contributed by atoms with E-state index in [-0.39, 0.29) is 11.0 Å². The second-order valence-corrected chi connectivity index (χ2v) is 8.67. The molecule has 1 aliphatic carbocycles. The highest BCUT2D eigenvalue weighted by Gasteiger charge is 2.26. The van der Waals surface area contributed by atoms with E-state index < -0.39 is 0 Å². The Morgan fingerprint density at radius 3 is 2.50 bits per heavy atom. The maximum atomic E-state index is 9.24. The molecule has 0 unspecified atom stereocenters. The SMILES string of the molecule is COc1ccc2oc(-c3ccc(/C=C/C4=CC(=C(C#N)C#N)CC(C)(C)C4)cc3)nc2c1. The number of benzene rings is 2. The second kappa shape index (κ2) is 8.57. The first kappa shape index (κ1) is 21.2. The van der Waals surface area contributed by atoms with E-state index in [1.165, 1.54) is 0 Å². The van der Waals surface area contributed by atoms with Gasteiger partial charge < -0.3 is 9.15 Å². The Bertz CT molecular complexity index is 1320. The van der Waals surface area contributed by atoms with Gasteiger partial charge in [-0.2, -0.15) is 10.5 Å². The molecule has 1 aromatic heterocycles. The number of hydrogen-bond acceptors (Lipinski definition) is 5. The highest BCUT2D eigenvalue weighted by molar-refractivity contribution is 5.78. The summed E-state index contributed by atoms with van der Waals surface area (Å²) in [6, 6.07) is 17.6. The molecule has 2 aromatic carbocycles. The van der Waals surface area contributed by atoms with Gasteiger partial charge in [0.2, 0.25) is 5.89 Å². The van der Waals surface area contributed by atoms with Gasteiger partial charge >= 0.3 is 0 Å². The topological polar surface area (TPSA) is 82.8 Å². The lowest BCUT2D eigenvalue weighted by atomic mass is 9.74. The van der Waals surface area contributed by atoms with E-state index in [1.807, 2.05) is 66.8 Å². The van der Waals surface area contributed by atoms with Crippen molar-refractivity contribution in [3.8, 4) is 29.3 Å². The smallest absolute Gasteiger partial charge is 0.227 e. The number of ether oxygens (including phenoxy) is 1. The van der Waals surface area contributed by atoms with Gasteiger partial charge in [0.05, 0.1) is 7.11 Å². The zero-order valence-electron chi connectivity index (χ0n) is 18.3. The molecule has 5 nitrogen and oxygen atoms in total. The first-order valence-corrected chi connectivity index (χ1v) is 10.4. The van der Waals surface area contributed by atoms with E-state index in [0.717, 1.165) is 52.0 Å². The van der Waals surface area contributed by atoms with Crippen molar-refractivity contribution in [1.82, 2.24) is 4.98 Å². The second-order valence-electron chi connectivity index (χ2n) is 8.67. The predicted molar refractivity (Wildman–Crippen MR) is 124 cm³/mol. The summed E-state index contributed by atoms with van der Waals surface area (Å²) < 4.78 is 11.1. The van der Waals surface area contributed by atoms with E-state index in [9.17, 15) is 10.5 Å². The van der Waals surface area contributed by atoms with Crippen LogP contribution in [0, 0.1) is 28.1 Å². The highest BCUT2D eigenvalue weighted by Crippen LogP contribution is 2.39. The zero-order chi connectivity index (χ0) is 22.7. The van der Waals surface area contributed by atoms with Crippen molar-refractivity contribution >= 4 is 17.2 Å². The van der Waals surface area contributed by atoms with Crippen LogP contribution in [0.15, 0.2) is 75.8 Å². The molecule has 0 saturated heterocycles. The number of methoxy groups -OCH3 is 1. The van der Waals surface area contributed by atoms with Gasteiger partial charge in [-0.1, -0.05) is 44.2 Å². The quantitative estimate of drug-likeness (QED) is 0.443. The average molecular weight is 422 g/mol. The van der Waals surface area contributed by atoms with Crippen molar-refractivity contribution in [2.75, 3.05) is 7.11 Å². The van der Waals surface area contributed by atoms with Gasteiger partial charge in [-0.3, -0.25) is 0 Å². The number of rotatable bonds is 4. The Labute approximate surface area is 187 Å². The number of nitriles is 2. The van der Waals surface area contributed by atoms with Crippen LogP contribution in [0.1, 0.15) is 32.3 Å². The minimum atomic E-state index is 0.00219. The number of hydrogen-bond donors (Lipinski definition) is 0.